The van der Waals surface area contributed by atoms with Crippen LogP contribution in [0.5, 0.6) is 0 Å². The Morgan fingerprint density at radius 3 is 2.82 bits per heavy atom. The van der Waals surface area contributed by atoms with Gasteiger partial charge in [-0.1, -0.05) is 18.2 Å². The maximum absolute atomic E-state index is 12.6. The lowest BCUT2D eigenvalue weighted by atomic mass is 9.88. The number of amides is 1. The SMILES string of the molecule is NC(=O)C1CNCC1c1cccc(C(F)F)c1. The summed E-state index contributed by atoms with van der Waals surface area (Å²) in [4.78, 5) is 11.2. The maximum Gasteiger partial charge on any atom is 0.263 e. The molecule has 3 N–H and O–H groups in total. The third-order valence-corrected chi connectivity index (χ3v) is 3.17. The van der Waals surface area contributed by atoms with Crippen molar-refractivity contribution in [2.45, 2.75) is 12.3 Å². The van der Waals surface area contributed by atoms with Crippen LogP contribution in [0, 0.1) is 5.92 Å². The number of nitrogens with one attached hydrogen (secondary N) is 1. The summed E-state index contributed by atoms with van der Waals surface area (Å²) in [6.07, 6.45) is -2.49. The van der Waals surface area contributed by atoms with Crippen LogP contribution in [0.2, 0.25) is 0 Å². The second kappa shape index (κ2) is 4.79. The summed E-state index contributed by atoms with van der Waals surface area (Å²) < 4.78 is 25.2. The highest BCUT2D eigenvalue weighted by atomic mass is 19.3. The molecular weight excluding hydrogens is 226 g/mol. The van der Waals surface area contributed by atoms with E-state index in [1.807, 2.05) is 0 Å². The molecule has 5 heteroatoms. The zero-order valence-corrected chi connectivity index (χ0v) is 9.20. The minimum atomic E-state index is -2.49. The fourth-order valence-electron chi connectivity index (χ4n) is 2.25. The molecule has 2 unspecified atom stereocenters. The fourth-order valence-corrected chi connectivity index (χ4v) is 2.25. The monoisotopic (exact) mass is 240 g/mol. The molecule has 3 nitrogen and oxygen atoms in total. The van der Waals surface area contributed by atoms with E-state index in [9.17, 15) is 13.6 Å². The molecular formula is C12H14F2N2O. The Labute approximate surface area is 98.0 Å². The summed E-state index contributed by atoms with van der Waals surface area (Å²) in [6, 6.07) is 6.20. The first-order chi connectivity index (χ1) is 8.09. The van der Waals surface area contributed by atoms with Crippen molar-refractivity contribution < 1.29 is 13.6 Å². The molecule has 92 valence electrons. The Hall–Kier alpha value is -1.49. The van der Waals surface area contributed by atoms with E-state index in [0.717, 1.165) is 5.56 Å². The van der Waals surface area contributed by atoms with Gasteiger partial charge >= 0.3 is 0 Å². The highest BCUT2D eigenvalue weighted by molar-refractivity contribution is 5.78. The van der Waals surface area contributed by atoms with Gasteiger partial charge in [0.05, 0.1) is 5.92 Å². The number of carbonyl (C=O) groups excluding carboxylic acids is 1. The van der Waals surface area contributed by atoms with Gasteiger partial charge in [-0.15, -0.1) is 0 Å². The second-order valence-corrected chi connectivity index (χ2v) is 4.24. The van der Waals surface area contributed by atoms with Crippen LogP contribution in [0.25, 0.3) is 0 Å². The van der Waals surface area contributed by atoms with Crippen molar-refractivity contribution in [1.82, 2.24) is 5.32 Å². The molecule has 0 spiro atoms. The van der Waals surface area contributed by atoms with Crippen molar-refractivity contribution >= 4 is 5.91 Å². The summed E-state index contributed by atoms with van der Waals surface area (Å²) in [6.45, 7) is 1.11. The van der Waals surface area contributed by atoms with Gasteiger partial charge in [-0.05, 0) is 11.6 Å². The first-order valence-corrected chi connectivity index (χ1v) is 5.47. The zero-order chi connectivity index (χ0) is 12.4. The fraction of sp³-hybridized carbons (Fsp3) is 0.417. The molecule has 0 saturated carbocycles. The van der Waals surface area contributed by atoms with Crippen molar-refractivity contribution in [3.8, 4) is 0 Å². The van der Waals surface area contributed by atoms with Crippen LogP contribution >= 0.6 is 0 Å². The number of nitrogens with two attached hydrogens (primary N) is 1. The quantitative estimate of drug-likeness (QED) is 0.839. The van der Waals surface area contributed by atoms with E-state index in [0.29, 0.717) is 13.1 Å². The van der Waals surface area contributed by atoms with Gasteiger partial charge in [0, 0.05) is 24.6 Å². The summed E-state index contributed by atoms with van der Waals surface area (Å²) in [5, 5.41) is 3.06. The lowest BCUT2D eigenvalue weighted by molar-refractivity contribution is -0.121. The minimum Gasteiger partial charge on any atom is -0.369 e. The lowest BCUT2D eigenvalue weighted by Crippen LogP contribution is -2.28. The van der Waals surface area contributed by atoms with Crippen LogP contribution in [0.3, 0.4) is 0 Å². The third-order valence-electron chi connectivity index (χ3n) is 3.17. The summed E-state index contributed by atoms with van der Waals surface area (Å²) in [5.41, 5.74) is 6.03. The van der Waals surface area contributed by atoms with E-state index < -0.39 is 6.43 Å². The van der Waals surface area contributed by atoms with Gasteiger partial charge in [-0.25, -0.2) is 8.78 Å². The maximum atomic E-state index is 12.6. The number of benzene rings is 1. The van der Waals surface area contributed by atoms with Gasteiger partial charge in [0.25, 0.3) is 6.43 Å². The molecule has 17 heavy (non-hydrogen) atoms. The van der Waals surface area contributed by atoms with Crippen LogP contribution in [0.4, 0.5) is 8.78 Å². The minimum absolute atomic E-state index is 0.0161. The van der Waals surface area contributed by atoms with Gasteiger partial charge < -0.3 is 11.1 Å². The smallest absolute Gasteiger partial charge is 0.263 e. The van der Waals surface area contributed by atoms with E-state index in [4.69, 9.17) is 5.73 Å². The number of carbonyl (C=O) groups is 1. The number of halogens is 2. The van der Waals surface area contributed by atoms with Crippen molar-refractivity contribution in [3.05, 3.63) is 35.4 Å². The molecule has 1 aliphatic heterocycles. The van der Waals surface area contributed by atoms with Crippen molar-refractivity contribution in [3.63, 3.8) is 0 Å². The van der Waals surface area contributed by atoms with Crippen LogP contribution in [-0.4, -0.2) is 19.0 Å². The largest absolute Gasteiger partial charge is 0.369 e. The molecule has 0 bridgehead atoms. The molecule has 1 saturated heterocycles. The molecule has 0 radical (unpaired) electrons. The molecule has 0 aromatic heterocycles. The molecule has 1 fully saturated rings. The summed E-state index contributed by atoms with van der Waals surface area (Å²) in [5.74, 6) is -0.809. The predicted molar refractivity (Wildman–Crippen MR) is 59.7 cm³/mol. The second-order valence-electron chi connectivity index (χ2n) is 4.24. The molecule has 1 aromatic carbocycles. The van der Waals surface area contributed by atoms with Gasteiger partial charge in [-0.3, -0.25) is 4.79 Å². The Balaban J connectivity index is 2.27. The Morgan fingerprint density at radius 1 is 1.41 bits per heavy atom. The van der Waals surface area contributed by atoms with Crippen LogP contribution < -0.4 is 11.1 Å². The molecule has 0 aliphatic carbocycles. The van der Waals surface area contributed by atoms with E-state index in [2.05, 4.69) is 5.32 Å². The Morgan fingerprint density at radius 2 is 2.18 bits per heavy atom. The molecule has 1 amide bonds. The average molecular weight is 240 g/mol. The number of alkyl halides is 2. The normalized spacial score (nSPS) is 24.2. The first kappa shape index (κ1) is 12.0. The van der Waals surface area contributed by atoms with Crippen LogP contribution in [0.1, 0.15) is 23.5 Å². The number of primary amides is 1. The number of hydrogen-bond donors (Lipinski definition) is 2. The topological polar surface area (TPSA) is 55.1 Å². The van der Waals surface area contributed by atoms with Crippen molar-refractivity contribution in [2.75, 3.05) is 13.1 Å². The average Bonchev–Trinajstić information content (AvgIpc) is 2.78. The molecule has 1 aliphatic rings. The van der Waals surface area contributed by atoms with Crippen LogP contribution in [0.15, 0.2) is 24.3 Å². The van der Waals surface area contributed by atoms with E-state index in [1.165, 1.54) is 12.1 Å². The zero-order valence-electron chi connectivity index (χ0n) is 9.20. The highest BCUT2D eigenvalue weighted by Crippen LogP contribution is 2.30. The van der Waals surface area contributed by atoms with Crippen molar-refractivity contribution in [1.29, 1.82) is 0 Å². The van der Waals surface area contributed by atoms with E-state index in [-0.39, 0.29) is 23.3 Å². The van der Waals surface area contributed by atoms with Gasteiger partial charge in [-0.2, -0.15) is 0 Å². The van der Waals surface area contributed by atoms with Crippen LogP contribution in [-0.2, 0) is 4.79 Å². The molecule has 1 aromatic rings. The van der Waals surface area contributed by atoms with Crippen molar-refractivity contribution in [2.24, 2.45) is 11.7 Å². The molecule has 2 atom stereocenters. The number of rotatable bonds is 3. The molecule has 2 rings (SSSR count). The molecule has 1 heterocycles. The Bertz CT molecular complexity index is 423. The third kappa shape index (κ3) is 2.44. The Kier molecular flexibility index (Phi) is 3.38. The predicted octanol–water partition coefficient (Wildman–Crippen LogP) is 1.41. The standard InChI is InChI=1S/C12H14F2N2O/c13-11(14)8-3-1-2-7(4-8)9-5-16-6-10(9)12(15)17/h1-4,9-11,16H,5-6H2,(H2,15,17). The van der Waals surface area contributed by atoms with E-state index >= 15 is 0 Å². The number of hydrogen-bond acceptors (Lipinski definition) is 2. The summed E-state index contributed by atoms with van der Waals surface area (Å²) >= 11 is 0. The summed E-state index contributed by atoms with van der Waals surface area (Å²) in [7, 11) is 0. The van der Waals surface area contributed by atoms with E-state index in [1.54, 1.807) is 12.1 Å². The van der Waals surface area contributed by atoms with Gasteiger partial charge in [0.15, 0.2) is 0 Å². The highest BCUT2D eigenvalue weighted by Gasteiger charge is 2.32. The van der Waals surface area contributed by atoms with Gasteiger partial charge in [0.2, 0.25) is 5.91 Å². The lowest BCUT2D eigenvalue weighted by Gasteiger charge is -2.16. The van der Waals surface area contributed by atoms with Gasteiger partial charge in [0.1, 0.15) is 0 Å². The first-order valence-electron chi connectivity index (χ1n) is 5.47.